The molecule has 3 aromatic rings. The second-order valence-corrected chi connectivity index (χ2v) is 7.33. The smallest absolute Gasteiger partial charge is 0.148 e. The average molecular weight is 381 g/mol. The van der Waals surface area contributed by atoms with Crippen LogP contribution in [0, 0.1) is 0 Å². The highest BCUT2D eigenvalue weighted by atomic mass is 32.1. The van der Waals surface area contributed by atoms with Crippen molar-refractivity contribution in [3.8, 4) is 21.1 Å². The highest BCUT2D eigenvalue weighted by Crippen LogP contribution is 2.31. The summed E-state index contributed by atoms with van der Waals surface area (Å²) in [5, 5.41) is 10.7. The van der Waals surface area contributed by atoms with E-state index in [1.165, 1.54) is 11.4 Å². The summed E-state index contributed by atoms with van der Waals surface area (Å²) >= 11 is 1.64. The molecule has 3 rings (SSSR count). The minimum absolute atomic E-state index is 0.962. The third kappa shape index (κ3) is 4.30. The van der Waals surface area contributed by atoms with Crippen molar-refractivity contribution in [2.24, 2.45) is 0 Å². The Balaban J connectivity index is 1.78. The molecule has 1 heterocycles. The van der Waals surface area contributed by atoms with Crippen LogP contribution in [0.2, 0.25) is 0 Å². The third-order valence-electron chi connectivity index (χ3n) is 4.91. The van der Waals surface area contributed by atoms with E-state index in [1.54, 1.807) is 11.3 Å². The first-order valence-corrected chi connectivity index (χ1v) is 10.6. The Morgan fingerprint density at radius 3 is 1.22 bits per heavy atom. The van der Waals surface area contributed by atoms with Crippen LogP contribution in [-0.2, 0) is 0 Å². The lowest BCUT2D eigenvalue weighted by molar-refractivity contribution is 0.866. The standard InChI is InChI=1S/C22H28N4S/c1-5-25(6-2)19-13-9-17(10-14-19)21-23-24-22(27-21)18-11-15-20(16-12-18)26(7-3)8-4/h9-16H,5-8H2,1-4H3. The fraction of sp³-hybridized carbons (Fsp3) is 0.364. The van der Waals surface area contributed by atoms with Gasteiger partial charge in [0.1, 0.15) is 10.0 Å². The van der Waals surface area contributed by atoms with Gasteiger partial charge < -0.3 is 9.80 Å². The maximum Gasteiger partial charge on any atom is 0.148 e. The molecule has 0 aliphatic carbocycles. The molecule has 1 aromatic heterocycles. The lowest BCUT2D eigenvalue weighted by Crippen LogP contribution is -2.21. The van der Waals surface area contributed by atoms with Gasteiger partial charge in [0.2, 0.25) is 0 Å². The minimum Gasteiger partial charge on any atom is -0.372 e. The van der Waals surface area contributed by atoms with Crippen LogP contribution in [-0.4, -0.2) is 36.4 Å². The fourth-order valence-corrected chi connectivity index (χ4v) is 4.12. The van der Waals surface area contributed by atoms with Gasteiger partial charge in [-0.05, 0) is 76.2 Å². The molecule has 0 spiro atoms. The monoisotopic (exact) mass is 380 g/mol. The molecule has 0 radical (unpaired) electrons. The molecule has 2 aromatic carbocycles. The fourth-order valence-electron chi connectivity index (χ4n) is 3.26. The number of nitrogens with zero attached hydrogens (tertiary/aromatic N) is 4. The van der Waals surface area contributed by atoms with Crippen molar-refractivity contribution in [2.45, 2.75) is 27.7 Å². The summed E-state index contributed by atoms with van der Waals surface area (Å²) in [7, 11) is 0. The molecule has 0 saturated carbocycles. The van der Waals surface area contributed by atoms with Crippen molar-refractivity contribution in [3.63, 3.8) is 0 Å². The first-order chi connectivity index (χ1) is 13.2. The van der Waals surface area contributed by atoms with E-state index in [2.05, 4.69) is 96.2 Å². The average Bonchev–Trinajstić information content (AvgIpc) is 3.21. The first kappa shape index (κ1) is 19.4. The van der Waals surface area contributed by atoms with E-state index in [-0.39, 0.29) is 0 Å². The molecule has 0 aliphatic rings. The summed E-state index contributed by atoms with van der Waals surface area (Å²) in [6.45, 7) is 12.8. The zero-order valence-electron chi connectivity index (χ0n) is 16.6. The van der Waals surface area contributed by atoms with Crippen LogP contribution < -0.4 is 9.80 Å². The van der Waals surface area contributed by atoms with Crippen LogP contribution in [0.5, 0.6) is 0 Å². The Labute approximate surface area is 166 Å². The van der Waals surface area contributed by atoms with Crippen LogP contribution in [0.3, 0.4) is 0 Å². The number of anilines is 2. The summed E-state index contributed by atoms with van der Waals surface area (Å²) in [5.74, 6) is 0. The van der Waals surface area contributed by atoms with E-state index < -0.39 is 0 Å². The van der Waals surface area contributed by atoms with Gasteiger partial charge in [0, 0.05) is 48.7 Å². The normalized spacial score (nSPS) is 10.8. The largest absolute Gasteiger partial charge is 0.372 e. The zero-order chi connectivity index (χ0) is 19.2. The summed E-state index contributed by atoms with van der Waals surface area (Å²) in [6.07, 6.45) is 0. The van der Waals surface area contributed by atoms with E-state index in [9.17, 15) is 0 Å². The van der Waals surface area contributed by atoms with E-state index >= 15 is 0 Å². The molecule has 142 valence electrons. The summed E-state index contributed by atoms with van der Waals surface area (Å²) in [5.41, 5.74) is 4.74. The molecular weight excluding hydrogens is 352 g/mol. The maximum absolute atomic E-state index is 4.41. The Hall–Kier alpha value is -2.40. The predicted molar refractivity (Wildman–Crippen MR) is 118 cm³/mol. The number of rotatable bonds is 8. The van der Waals surface area contributed by atoms with E-state index in [0.717, 1.165) is 47.3 Å². The Bertz CT molecular complexity index is 762. The van der Waals surface area contributed by atoms with Crippen molar-refractivity contribution >= 4 is 22.7 Å². The Morgan fingerprint density at radius 1 is 0.593 bits per heavy atom. The van der Waals surface area contributed by atoms with Crippen LogP contribution in [0.15, 0.2) is 48.5 Å². The second kappa shape index (κ2) is 9.00. The first-order valence-electron chi connectivity index (χ1n) is 9.74. The predicted octanol–water partition coefficient (Wildman–Crippen LogP) is 5.56. The molecule has 0 amide bonds. The molecule has 0 N–H and O–H groups in total. The van der Waals surface area contributed by atoms with E-state index in [4.69, 9.17) is 0 Å². The van der Waals surface area contributed by atoms with Crippen molar-refractivity contribution in [2.75, 3.05) is 36.0 Å². The van der Waals surface area contributed by atoms with Gasteiger partial charge in [-0.25, -0.2) is 0 Å². The van der Waals surface area contributed by atoms with Crippen molar-refractivity contribution in [1.29, 1.82) is 0 Å². The molecule has 0 unspecified atom stereocenters. The minimum atomic E-state index is 0.962. The van der Waals surface area contributed by atoms with Gasteiger partial charge in [-0.15, -0.1) is 10.2 Å². The van der Waals surface area contributed by atoms with Crippen LogP contribution in [0.25, 0.3) is 21.1 Å². The van der Waals surface area contributed by atoms with E-state index in [1.807, 2.05) is 0 Å². The number of aromatic nitrogens is 2. The van der Waals surface area contributed by atoms with Crippen molar-refractivity contribution in [3.05, 3.63) is 48.5 Å². The van der Waals surface area contributed by atoms with Gasteiger partial charge in [-0.1, -0.05) is 11.3 Å². The molecule has 27 heavy (non-hydrogen) atoms. The maximum atomic E-state index is 4.41. The number of benzene rings is 2. The van der Waals surface area contributed by atoms with Gasteiger partial charge in [-0.3, -0.25) is 0 Å². The number of hydrogen-bond acceptors (Lipinski definition) is 5. The topological polar surface area (TPSA) is 32.3 Å². The van der Waals surface area contributed by atoms with Gasteiger partial charge in [0.25, 0.3) is 0 Å². The van der Waals surface area contributed by atoms with Crippen molar-refractivity contribution in [1.82, 2.24) is 10.2 Å². The molecule has 0 atom stereocenters. The van der Waals surface area contributed by atoms with Gasteiger partial charge in [-0.2, -0.15) is 0 Å². The lowest BCUT2D eigenvalue weighted by Gasteiger charge is -2.20. The molecule has 0 aliphatic heterocycles. The highest BCUT2D eigenvalue weighted by molar-refractivity contribution is 7.17. The van der Waals surface area contributed by atoms with Gasteiger partial charge in [0.05, 0.1) is 0 Å². The van der Waals surface area contributed by atoms with E-state index in [0.29, 0.717) is 0 Å². The molecule has 0 saturated heterocycles. The third-order valence-corrected chi connectivity index (χ3v) is 5.93. The summed E-state index contributed by atoms with van der Waals surface area (Å²) < 4.78 is 0. The molecule has 5 heteroatoms. The summed E-state index contributed by atoms with van der Waals surface area (Å²) in [4.78, 5) is 4.68. The molecule has 0 bridgehead atoms. The molecule has 4 nitrogen and oxygen atoms in total. The molecular formula is C22H28N4S. The highest BCUT2D eigenvalue weighted by Gasteiger charge is 2.10. The van der Waals surface area contributed by atoms with Gasteiger partial charge in [0.15, 0.2) is 0 Å². The van der Waals surface area contributed by atoms with Crippen molar-refractivity contribution < 1.29 is 0 Å². The quantitative estimate of drug-likeness (QED) is 0.512. The Kier molecular flexibility index (Phi) is 6.45. The number of hydrogen-bond donors (Lipinski definition) is 0. The SMILES string of the molecule is CCN(CC)c1ccc(-c2nnc(-c3ccc(N(CC)CC)cc3)s2)cc1. The zero-order valence-corrected chi connectivity index (χ0v) is 17.5. The Morgan fingerprint density at radius 2 is 0.926 bits per heavy atom. The summed E-state index contributed by atoms with van der Waals surface area (Å²) in [6, 6.07) is 17.2. The van der Waals surface area contributed by atoms with Gasteiger partial charge >= 0.3 is 0 Å². The van der Waals surface area contributed by atoms with Crippen LogP contribution in [0.4, 0.5) is 11.4 Å². The molecule has 0 fully saturated rings. The van der Waals surface area contributed by atoms with Crippen LogP contribution >= 0.6 is 11.3 Å². The lowest BCUT2D eigenvalue weighted by atomic mass is 10.2. The van der Waals surface area contributed by atoms with Crippen LogP contribution in [0.1, 0.15) is 27.7 Å². The second-order valence-electron chi connectivity index (χ2n) is 6.35.